The van der Waals surface area contributed by atoms with Crippen LogP contribution in [0.3, 0.4) is 0 Å². The van der Waals surface area contributed by atoms with E-state index >= 15 is 0 Å². The summed E-state index contributed by atoms with van der Waals surface area (Å²) in [4.78, 5) is 31.6. The average molecular weight is 1700 g/mol. The van der Waals surface area contributed by atoms with Crippen LogP contribution in [0, 0.1) is 0 Å². The van der Waals surface area contributed by atoms with E-state index in [2.05, 4.69) is 437 Å². The normalized spacial score (nSPS) is 11.6. The molecule has 0 saturated carbocycles. The molecule has 6 aromatic heterocycles. The van der Waals surface area contributed by atoms with Crippen molar-refractivity contribution in [2.75, 3.05) is 0 Å². The van der Waals surface area contributed by atoms with E-state index in [0.717, 1.165) is 128 Å². The van der Waals surface area contributed by atoms with Gasteiger partial charge in [-0.15, -0.1) is 34.0 Å². The van der Waals surface area contributed by atoms with Crippen LogP contribution in [0.15, 0.2) is 449 Å². The summed E-state index contributed by atoms with van der Waals surface area (Å²) < 4.78 is 7.88. The molecule has 0 aliphatic heterocycles. The maximum atomic E-state index is 5.34. The molecule has 0 atom stereocenters. The molecule has 0 amide bonds. The minimum absolute atomic E-state index is 0.727. The Morgan fingerprint density at radius 2 is 0.434 bits per heavy atom. The number of benzene rings is 20. The Morgan fingerprint density at radius 1 is 0.147 bits per heavy atom. The van der Waals surface area contributed by atoms with E-state index in [-0.39, 0.29) is 0 Å². The lowest BCUT2D eigenvalue weighted by Crippen LogP contribution is -1.96. The Morgan fingerprint density at radius 3 is 0.860 bits per heavy atom. The first kappa shape index (κ1) is 76.5. The van der Waals surface area contributed by atoms with Gasteiger partial charge in [0.05, 0.1) is 56.1 Å². The quantitative estimate of drug-likeness (QED) is 0.120. The topological polar surface area (TPSA) is 77.3 Å². The van der Waals surface area contributed by atoms with E-state index in [0.29, 0.717) is 0 Å². The second-order valence-corrected chi connectivity index (χ2v) is 35.8. The zero-order valence-electron chi connectivity index (χ0n) is 69.6. The van der Waals surface area contributed by atoms with E-state index in [9.17, 15) is 0 Å². The first-order valence-corrected chi connectivity index (χ1v) is 45.9. The Balaban J connectivity index is 0.000000108. The Bertz CT molecular complexity index is 8840. The molecular weight excluding hydrogens is 1620 g/mol. The molecule has 6 heterocycles. The molecule has 0 aliphatic carbocycles. The van der Waals surface area contributed by atoms with E-state index in [1.54, 1.807) is 0 Å². The highest BCUT2D eigenvalue weighted by Gasteiger charge is 2.23. The Kier molecular flexibility index (Phi) is 19.4. The van der Waals surface area contributed by atoms with Gasteiger partial charge in [0.25, 0.3) is 0 Å². The molecule has 602 valence electrons. The van der Waals surface area contributed by atoms with Crippen LogP contribution in [0.1, 0.15) is 0 Å². The number of hydrogen-bond donors (Lipinski definition) is 0. The van der Waals surface area contributed by atoms with Crippen LogP contribution in [0.5, 0.6) is 0 Å². The van der Waals surface area contributed by atoms with Crippen molar-refractivity contribution in [1.29, 1.82) is 0 Å². The number of rotatable bonds is 11. The average Bonchev–Trinajstić information content (AvgIpc) is 1.75. The molecule has 0 aliphatic rings. The van der Waals surface area contributed by atoms with Gasteiger partial charge in [-0.1, -0.05) is 388 Å². The molecule has 26 aromatic rings. The molecule has 0 N–H and O–H groups in total. The SMILES string of the molecule is c1ccc(-c2ccc(-c3nc(-c4cccc(-c5cccc6sc7ccccc7c56)c4)nc4c3ccc3ccccc34)cc2)cc1.c1ccc(-c2ccc(-c3nc4c(ccc5ccccc54)nc3-c3ccc(-c4cccc5sc6ccccc6c45)cc3)cc2)cc1.c1ccc(-c2nc3c(ccc4ccccc43)nc2-c2ccc(-c3cccc4sc5ccccc5c34)cc2)cc1. The fraction of sp³-hybridized carbons (Fsp3) is 0. The maximum Gasteiger partial charge on any atom is 0.160 e. The summed E-state index contributed by atoms with van der Waals surface area (Å²) in [6.45, 7) is 0. The highest BCUT2D eigenvalue weighted by atomic mass is 32.1. The maximum absolute atomic E-state index is 5.34. The third-order valence-corrected chi connectivity index (χ3v) is 28.3. The van der Waals surface area contributed by atoms with Crippen LogP contribution < -0.4 is 0 Å². The molecule has 0 saturated heterocycles. The lowest BCUT2D eigenvalue weighted by molar-refractivity contribution is 1.23. The lowest BCUT2D eigenvalue weighted by atomic mass is 9.96. The number of thiophene rings is 3. The summed E-state index contributed by atoms with van der Waals surface area (Å²) >= 11 is 5.55. The molecule has 0 spiro atoms. The summed E-state index contributed by atoms with van der Waals surface area (Å²) in [5.41, 5.74) is 27.5. The summed E-state index contributed by atoms with van der Waals surface area (Å²) in [5, 5.41) is 15.8. The molecule has 26 rings (SSSR count). The predicted molar refractivity (Wildman–Crippen MR) is 550 cm³/mol. The van der Waals surface area contributed by atoms with Crippen molar-refractivity contribution >= 4 is 160 Å². The van der Waals surface area contributed by atoms with E-state index in [4.69, 9.17) is 29.9 Å². The van der Waals surface area contributed by atoms with Crippen LogP contribution in [-0.4, -0.2) is 29.9 Å². The zero-order chi connectivity index (χ0) is 85.2. The largest absolute Gasteiger partial charge is 0.244 e. The summed E-state index contributed by atoms with van der Waals surface area (Å²) in [7, 11) is 0. The first-order chi connectivity index (χ1) is 63.9. The number of hydrogen-bond acceptors (Lipinski definition) is 9. The third kappa shape index (κ3) is 14.2. The molecule has 0 fully saturated rings. The van der Waals surface area contributed by atoms with Crippen molar-refractivity contribution in [2.45, 2.75) is 0 Å². The van der Waals surface area contributed by atoms with Crippen molar-refractivity contribution < 1.29 is 0 Å². The molecule has 9 heteroatoms. The third-order valence-electron chi connectivity index (χ3n) is 24.9. The van der Waals surface area contributed by atoms with Gasteiger partial charge in [-0.2, -0.15) is 0 Å². The fourth-order valence-corrected chi connectivity index (χ4v) is 22.0. The predicted octanol–water partition coefficient (Wildman–Crippen LogP) is 33.8. The lowest BCUT2D eigenvalue weighted by Gasteiger charge is -2.13. The van der Waals surface area contributed by atoms with Gasteiger partial charge in [-0.3, -0.25) is 0 Å². The number of aromatic nitrogens is 6. The van der Waals surface area contributed by atoms with Gasteiger partial charge in [-0.25, -0.2) is 29.9 Å². The Labute approximate surface area is 756 Å². The molecule has 129 heavy (non-hydrogen) atoms. The van der Waals surface area contributed by atoms with Crippen molar-refractivity contribution in [3.63, 3.8) is 0 Å². The summed E-state index contributed by atoms with van der Waals surface area (Å²) in [5.74, 6) is 0.727. The highest BCUT2D eigenvalue weighted by Crippen LogP contribution is 2.47. The number of nitrogens with zero attached hydrogens (tertiary/aromatic N) is 6. The van der Waals surface area contributed by atoms with Crippen LogP contribution in [0.25, 0.3) is 249 Å². The van der Waals surface area contributed by atoms with E-state index in [1.165, 1.54) is 121 Å². The minimum Gasteiger partial charge on any atom is -0.244 e. The monoisotopic (exact) mass is 1690 g/mol. The van der Waals surface area contributed by atoms with Gasteiger partial charge < -0.3 is 0 Å². The van der Waals surface area contributed by atoms with Crippen LogP contribution in [0.2, 0.25) is 0 Å². The summed E-state index contributed by atoms with van der Waals surface area (Å²) in [6, 6.07) is 159. The van der Waals surface area contributed by atoms with Crippen molar-refractivity contribution in [3.05, 3.63) is 449 Å². The van der Waals surface area contributed by atoms with Crippen molar-refractivity contribution in [3.8, 4) is 123 Å². The van der Waals surface area contributed by atoms with Gasteiger partial charge in [0.15, 0.2) is 5.82 Å². The van der Waals surface area contributed by atoms with Gasteiger partial charge in [0.2, 0.25) is 0 Å². The van der Waals surface area contributed by atoms with Crippen molar-refractivity contribution in [1.82, 2.24) is 29.9 Å². The molecule has 0 radical (unpaired) electrons. The standard InChI is InChI=1S/2C42H26N2S.C36H22N2S/c1-2-10-27(11-3-1)28-20-22-30(23-21-28)40-36-25-24-29-12-4-5-15-34(29)41(36)44-42(43-40)32-14-8-13-31(26-32)33-17-9-19-38-39(33)35-16-6-7-18-37(35)45-38;1-2-9-27(10-3-1)28-17-21-32(22-18-28)41-40(43-36-26-25-29-11-4-5-12-34(29)42(36)44-41)31-23-19-30(20-24-31)33-14-8-16-38-39(33)35-13-6-7-15-37(35)45-38;1-2-10-25(11-3-1)35-34(37-30-22-21-23-9-4-5-12-28(23)36(30)38-35)26-19-17-24(18-20-26)27-14-8-16-32-33(27)29-13-6-7-15-31(29)39-32/h2*1-26H;1-22H. The molecule has 20 aromatic carbocycles. The highest BCUT2D eigenvalue weighted by molar-refractivity contribution is 7.26. The van der Waals surface area contributed by atoms with Crippen LogP contribution in [-0.2, 0) is 0 Å². The Hall–Kier alpha value is -16.1. The van der Waals surface area contributed by atoms with Gasteiger partial charge in [0, 0.05) is 115 Å². The number of fused-ring (bicyclic) bond motifs is 18. The first-order valence-electron chi connectivity index (χ1n) is 43.4. The van der Waals surface area contributed by atoms with E-state index in [1.807, 2.05) is 46.1 Å². The molecule has 0 bridgehead atoms. The second kappa shape index (κ2) is 32.8. The van der Waals surface area contributed by atoms with Gasteiger partial charge >= 0.3 is 0 Å². The fourth-order valence-electron chi connectivity index (χ4n) is 18.6. The minimum atomic E-state index is 0.727. The molecule has 0 unspecified atom stereocenters. The van der Waals surface area contributed by atoms with Crippen LogP contribution in [0.4, 0.5) is 0 Å². The molecule has 6 nitrogen and oxygen atoms in total. The van der Waals surface area contributed by atoms with Crippen LogP contribution >= 0.6 is 34.0 Å². The smallest absolute Gasteiger partial charge is 0.160 e. The van der Waals surface area contributed by atoms with Crippen molar-refractivity contribution in [2.24, 2.45) is 0 Å². The summed E-state index contributed by atoms with van der Waals surface area (Å²) in [6.07, 6.45) is 0. The second-order valence-electron chi connectivity index (χ2n) is 32.5. The van der Waals surface area contributed by atoms with Gasteiger partial charge in [0.1, 0.15) is 0 Å². The van der Waals surface area contributed by atoms with Gasteiger partial charge in [-0.05, 0) is 132 Å². The molecular formula is C120H74N6S3. The zero-order valence-corrected chi connectivity index (χ0v) is 72.1. The van der Waals surface area contributed by atoms with E-state index < -0.39 is 0 Å².